The summed E-state index contributed by atoms with van der Waals surface area (Å²) in [4.78, 5) is 26.5. The first-order chi connectivity index (χ1) is 9.12. The van der Waals surface area contributed by atoms with Crippen molar-refractivity contribution in [3.05, 3.63) is 0 Å². The quantitative estimate of drug-likeness (QED) is 0.785. The largest absolute Gasteiger partial charge is 0.337 e. The Morgan fingerprint density at radius 3 is 2.74 bits per heavy atom. The van der Waals surface area contributed by atoms with E-state index in [9.17, 15) is 9.59 Å². The zero-order chi connectivity index (χ0) is 13.9. The Morgan fingerprint density at radius 1 is 1.32 bits per heavy atom. The minimum absolute atomic E-state index is 0.102. The van der Waals surface area contributed by atoms with E-state index in [0.717, 1.165) is 57.9 Å². The van der Waals surface area contributed by atoms with Gasteiger partial charge in [-0.25, -0.2) is 0 Å². The summed E-state index contributed by atoms with van der Waals surface area (Å²) in [5.41, 5.74) is -0.130. The van der Waals surface area contributed by atoms with Gasteiger partial charge in [0.05, 0.1) is 5.54 Å². The highest BCUT2D eigenvalue weighted by atomic mass is 16.2. The van der Waals surface area contributed by atoms with Gasteiger partial charge in [-0.05, 0) is 38.5 Å². The van der Waals surface area contributed by atoms with E-state index < -0.39 is 0 Å². The average molecular weight is 265 g/mol. The standard InChI is InChI=1S/C16H27NO2/c1-3-4-8-14-15(19)9-7-11-16(14)10-5-6-12-17(16)13(2)18/h14H,3-12H2,1-2H3/t14-,16-/m1/s1. The van der Waals surface area contributed by atoms with E-state index in [2.05, 4.69) is 6.92 Å². The smallest absolute Gasteiger partial charge is 0.219 e. The summed E-state index contributed by atoms with van der Waals surface area (Å²) in [6.07, 6.45) is 9.21. The van der Waals surface area contributed by atoms with Gasteiger partial charge in [-0.15, -0.1) is 0 Å². The third-order valence-corrected chi connectivity index (χ3v) is 5.08. The van der Waals surface area contributed by atoms with Crippen molar-refractivity contribution in [1.29, 1.82) is 0 Å². The second kappa shape index (κ2) is 6.06. The minimum Gasteiger partial charge on any atom is -0.337 e. The number of rotatable bonds is 3. The summed E-state index contributed by atoms with van der Waals surface area (Å²) in [6, 6.07) is 0. The molecule has 0 unspecified atom stereocenters. The van der Waals surface area contributed by atoms with Crippen LogP contribution in [0.1, 0.15) is 71.6 Å². The van der Waals surface area contributed by atoms with Crippen LogP contribution in [0.4, 0.5) is 0 Å². The van der Waals surface area contributed by atoms with Crippen molar-refractivity contribution in [3.63, 3.8) is 0 Å². The van der Waals surface area contributed by atoms with Crippen LogP contribution in [0.3, 0.4) is 0 Å². The molecular weight excluding hydrogens is 238 g/mol. The van der Waals surface area contributed by atoms with Gasteiger partial charge in [0, 0.05) is 25.8 Å². The Morgan fingerprint density at radius 2 is 2.05 bits per heavy atom. The van der Waals surface area contributed by atoms with E-state index in [0.29, 0.717) is 5.78 Å². The molecule has 1 saturated heterocycles. The van der Waals surface area contributed by atoms with E-state index in [1.807, 2.05) is 4.90 Å². The molecule has 0 N–H and O–H groups in total. The highest BCUT2D eigenvalue weighted by molar-refractivity contribution is 5.85. The first-order valence-electron chi connectivity index (χ1n) is 7.93. The molecule has 1 aliphatic heterocycles. The molecule has 108 valence electrons. The highest BCUT2D eigenvalue weighted by Gasteiger charge is 2.50. The SMILES string of the molecule is CCCC[C@@H]1C(=O)CCC[C@]12CCCCN2C(C)=O. The predicted molar refractivity (Wildman–Crippen MR) is 75.8 cm³/mol. The molecule has 3 nitrogen and oxygen atoms in total. The Bertz CT molecular complexity index is 349. The molecule has 1 amide bonds. The van der Waals surface area contributed by atoms with Crippen molar-refractivity contribution < 1.29 is 9.59 Å². The zero-order valence-electron chi connectivity index (χ0n) is 12.4. The van der Waals surface area contributed by atoms with Gasteiger partial charge in [-0.1, -0.05) is 19.8 Å². The maximum absolute atomic E-state index is 12.4. The summed E-state index contributed by atoms with van der Waals surface area (Å²) in [6.45, 7) is 4.69. The van der Waals surface area contributed by atoms with Gasteiger partial charge in [0.2, 0.25) is 5.91 Å². The molecule has 3 heteroatoms. The average Bonchev–Trinajstić information content (AvgIpc) is 2.38. The Kier molecular flexibility index (Phi) is 4.64. The fourth-order valence-corrected chi connectivity index (χ4v) is 4.21. The van der Waals surface area contributed by atoms with Crippen molar-refractivity contribution in [2.75, 3.05) is 6.54 Å². The molecule has 2 rings (SSSR count). The lowest BCUT2D eigenvalue weighted by Crippen LogP contribution is -2.61. The molecule has 0 aromatic carbocycles. The van der Waals surface area contributed by atoms with Crippen LogP contribution in [-0.2, 0) is 9.59 Å². The number of likely N-dealkylation sites (tertiary alicyclic amines) is 1. The van der Waals surface area contributed by atoms with Crippen molar-refractivity contribution in [1.82, 2.24) is 4.90 Å². The second-order valence-electron chi connectivity index (χ2n) is 6.25. The first-order valence-corrected chi connectivity index (χ1v) is 7.93. The molecule has 1 saturated carbocycles. The van der Waals surface area contributed by atoms with Crippen LogP contribution < -0.4 is 0 Å². The molecule has 2 atom stereocenters. The minimum atomic E-state index is -0.130. The van der Waals surface area contributed by atoms with Crippen LogP contribution >= 0.6 is 0 Å². The van der Waals surface area contributed by atoms with Gasteiger partial charge in [-0.2, -0.15) is 0 Å². The monoisotopic (exact) mass is 265 g/mol. The molecule has 2 fully saturated rings. The molecule has 1 spiro atoms. The summed E-state index contributed by atoms with van der Waals surface area (Å²) < 4.78 is 0. The third kappa shape index (κ3) is 2.70. The number of hydrogen-bond acceptors (Lipinski definition) is 2. The van der Waals surface area contributed by atoms with Crippen LogP contribution in [0.5, 0.6) is 0 Å². The van der Waals surface area contributed by atoms with Gasteiger partial charge in [0.1, 0.15) is 5.78 Å². The summed E-state index contributed by atoms with van der Waals surface area (Å²) in [7, 11) is 0. The Balaban J connectivity index is 2.28. The lowest BCUT2D eigenvalue weighted by Gasteiger charge is -2.53. The predicted octanol–water partition coefficient (Wildman–Crippen LogP) is 3.32. The maximum atomic E-state index is 12.4. The van der Waals surface area contributed by atoms with Crippen molar-refractivity contribution in [3.8, 4) is 0 Å². The van der Waals surface area contributed by atoms with Gasteiger partial charge >= 0.3 is 0 Å². The van der Waals surface area contributed by atoms with Crippen LogP contribution in [0.15, 0.2) is 0 Å². The number of piperidine rings is 1. The number of carbonyl (C=O) groups is 2. The molecular formula is C16H27NO2. The van der Waals surface area contributed by atoms with Gasteiger partial charge in [0.15, 0.2) is 0 Å². The summed E-state index contributed by atoms with van der Waals surface area (Å²) >= 11 is 0. The molecule has 0 aromatic heterocycles. The fraction of sp³-hybridized carbons (Fsp3) is 0.875. The second-order valence-corrected chi connectivity index (χ2v) is 6.25. The molecule has 0 bridgehead atoms. The van der Waals surface area contributed by atoms with Gasteiger partial charge in [-0.3, -0.25) is 9.59 Å². The zero-order valence-corrected chi connectivity index (χ0v) is 12.4. The van der Waals surface area contributed by atoms with Gasteiger partial charge in [0.25, 0.3) is 0 Å². The van der Waals surface area contributed by atoms with Crippen LogP contribution in [-0.4, -0.2) is 28.7 Å². The number of Topliss-reactive ketones (excluding diaryl/α,β-unsaturated/α-hetero) is 1. The summed E-state index contributed by atoms with van der Waals surface area (Å²) in [5.74, 6) is 0.675. The normalized spacial score (nSPS) is 31.8. The fourth-order valence-electron chi connectivity index (χ4n) is 4.21. The number of ketones is 1. The van der Waals surface area contributed by atoms with E-state index in [1.54, 1.807) is 6.92 Å². The molecule has 0 radical (unpaired) electrons. The molecule has 1 aliphatic carbocycles. The van der Waals surface area contributed by atoms with Crippen LogP contribution in [0.25, 0.3) is 0 Å². The maximum Gasteiger partial charge on any atom is 0.219 e. The Hall–Kier alpha value is -0.860. The van der Waals surface area contributed by atoms with Crippen LogP contribution in [0.2, 0.25) is 0 Å². The molecule has 2 aliphatic rings. The van der Waals surface area contributed by atoms with E-state index >= 15 is 0 Å². The van der Waals surface area contributed by atoms with Gasteiger partial charge < -0.3 is 4.90 Å². The molecule has 0 aromatic rings. The van der Waals surface area contributed by atoms with Crippen molar-refractivity contribution >= 4 is 11.7 Å². The number of amides is 1. The topological polar surface area (TPSA) is 37.4 Å². The molecule has 1 heterocycles. The number of hydrogen-bond donors (Lipinski definition) is 0. The molecule has 19 heavy (non-hydrogen) atoms. The first kappa shape index (κ1) is 14.5. The number of unbranched alkanes of at least 4 members (excludes halogenated alkanes) is 1. The number of nitrogens with zero attached hydrogens (tertiary/aromatic N) is 1. The van der Waals surface area contributed by atoms with E-state index in [1.165, 1.54) is 6.42 Å². The lowest BCUT2D eigenvalue weighted by atomic mass is 9.65. The van der Waals surface area contributed by atoms with Crippen molar-refractivity contribution in [2.45, 2.75) is 77.2 Å². The summed E-state index contributed by atoms with van der Waals surface area (Å²) in [5, 5.41) is 0. The van der Waals surface area contributed by atoms with E-state index in [-0.39, 0.29) is 17.4 Å². The lowest BCUT2D eigenvalue weighted by molar-refractivity contribution is -0.149. The third-order valence-electron chi connectivity index (χ3n) is 5.08. The van der Waals surface area contributed by atoms with Crippen molar-refractivity contribution in [2.24, 2.45) is 5.92 Å². The van der Waals surface area contributed by atoms with E-state index in [4.69, 9.17) is 0 Å². The van der Waals surface area contributed by atoms with Crippen LogP contribution in [0, 0.1) is 5.92 Å². The number of carbonyl (C=O) groups excluding carboxylic acids is 2. The Labute approximate surface area is 116 Å². The highest BCUT2D eigenvalue weighted by Crippen LogP contribution is 2.45.